The van der Waals surface area contributed by atoms with Gasteiger partial charge in [-0.25, -0.2) is 4.39 Å². The second-order valence-corrected chi connectivity index (χ2v) is 8.76. The molecule has 1 unspecified atom stereocenters. The molecule has 1 fully saturated rings. The van der Waals surface area contributed by atoms with Gasteiger partial charge in [0.25, 0.3) is 5.56 Å². The Balaban J connectivity index is 1.22. The van der Waals surface area contributed by atoms with Crippen LogP contribution in [0.5, 0.6) is 5.75 Å². The van der Waals surface area contributed by atoms with Gasteiger partial charge in [0.2, 0.25) is 0 Å². The zero-order valence-corrected chi connectivity index (χ0v) is 18.2. The van der Waals surface area contributed by atoms with E-state index in [-0.39, 0.29) is 29.1 Å². The van der Waals surface area contributed by atoms with Crippen molar-refractivity contribution in [2.75, 3.05) is 32.8 Å². The van der Waals surface area contributed by atoms with Crippen molar-refractivity contribution in [1.29, 1.82) is 0 Å². The molecule has 0 aromatic carbocycles. The van der Waals surface area contributed by atoms with E-state index in [4.69, 9.17) is 17.0 Å². The van der Waals surface area contributed by atoms with E-state index in [1.54, 1.807) is 16.7 Å². The summed E-state index contributed by atoms with van der Waals surface area (Å²) >= 11 is 5.09. The number of pyridine rings is 3. The molecule has 168 valence electrons. The van der Waals surface area contributed by atoms with Crippen molar-refractivity contribution in [1.82, 2.24) is 24.8 Å². The number of nitrogens with zero attached hydrogens (tertiary/aromatic N) is 3. The van der Waals surface area contributed by atoms with Crippen LogP contribution in [0.15, 0.2) is 35.4 Å². The maximum Gasteiger partial charge on any atom is 0.251 e. The molecular formula is C22H24FN5O3S. The number of nitrogens with one attached hydrogen (secondary N) is 2. The first-order valence-electron chi connectivity index (χ1n) is 10.6. The monoisotopic (exact) mass is 457 g/mol. The highest BCUT2D eigenvalue weighted by Crippen LogP contribution is 2.34. The Labute approximate surface area is 188 Å². The fourth-order valence-corrected chi connectivity index (χ4v) is 4.85. The summed E-state index contributed by atoms with van der Waals surface area (Å²) in [6.45, 7) is 4.43. The maximum absolute atomic E-state index is 14.7. The molecule has 0 amide bonds. The highest BCUT2D eigenvalue weighted by Gasteiger charge is 2.32. The topological polar surface area (TPSA) is 95.4 Å². The van der Waals surface area contributed by atoms with Crippen LogP contribution in [0.3, 0.4) is 0 Å². The third kappa shape index (κ3) is 4.06. The fourth-order valence-electron chi connectivity index (χ4n) is 4.65. The predicted molar refractivity (Wildman–Crippen MR) is 120 cm³/mol. The fraction of sp³-hybridized carbons (Fsp3) is 0.409. The number of hydrogen-bond donors (Lipinski definition) is 3. The van der Waals surface area contributed by atoms with E-state index in [1.165, 1.54) is 18.5 Å². The highest BCUT2D eigenvalue weighted by molar-refractivity contribution is 7.71. The summed E-state index contributed by atoms with van der Waals surface area (Å²) in [6.07, 6.45) is 2.74. The molecule has 2 aliphatic heterocycles. The van der Waals surface area contributed by atoms with Gasteiger partial charge < -0.3 is 24.7 Å². The summed E-state index contributed by atoms with van der Waals surface area (Å²) < 4.78 is 22.6. The molecule has 2 aliphatic rings. The van der Waals surface area contributed by atoms with Gasteiger partial charge >= 0.3 is 0 Å². The standard InChI is InChI=1S/C22H24FN5O3S/c23-16-8-26-17-1-2-20(30)28-11-13(21(16)22(17)28)10-27-3-4-31-15(12-27)7-24-6-14-5-19(32)18(29)9-25-14/h1-2,5,8-9,13,15,24,29H,3-4,6-7,10-12H2,(H,25,32)/t13?,15-/m0/s1. The van der Waals surface area contributed by atoms with Gasteiger partial charge in [0, 0.05) is 68.7 Å². The third-order valence-electron chi connectivity index (χ3n) is 6.14. The van der Waals surface area contributed by atoms with Crippen molar-refractivity contribution >= 4 is 23.3 Å². The first kappa shape index (κ1) is 21.2. The summed E-state index contributed by atoms with van der Waals surface area (Å²) in [7, 11) is 0. The van der Waals surface area contributed by atoms with E-state index in [0.29, 0.717) is 53.9 Å². The highest BCUT2D eigenvalue weighted by atomic mass is 32.1. The molecule has 0 saturated carbocycles. The smallest absolute Gasteiger partial charge is 0.251 e. The van der Waals surface area contributed by atoms with E-state index < -0.39 is 0 Å². The van der Waals surface area contributed by atoms with E-state index in [1.807, 2.05) is 0 Å². The van der Waals surface area contributed by atoms with Gasteiger partial charge in [-0.15, -0.1) is 0 Å². The summed E-state index contributed by atoms with van der Waals surface area (Å²) in [4.78, 5) is 21.7. The summed E-state index contributed by atoms with van der Waals surface area (Å²) in [5.41, 5.74) is 2.63. The molecule has 1 saturated heterocycles. The van der Waals surface area contributed by atoms with Crippen molar-refractivity contribution in [2.24, 2.45) is 0 Å². The number of ether oxygens (including phenoxy) is 1. The van der Waals surface area contributed by atoms with Crippen LogP contribution in [0.4, 0.5) is 4.39 Å². The Hall–Kier alpha value is -2.66. The Morgan fingerprint density at radius 1 is 1.38 bits per heavy atom. The minimum Gasteiger partial charge on any atom is -0.505 e. The van der Waals surface area contributed by atoms with Crippen LogP contribution >= 0.6 is 12.2 Å². The lowest BCUT2D eigenvalue weighted by Gasteiger charge is -2.34. The van der Waals surface area contributed by atoms with Gasteiger partial charge in [-0.05, 0) is 12.1 Å². The van der Waals surface area contributed by atoms with Crippen molar-refractivity contribution in [3.63, 3.8) is 0 Å². The minimum atomic E-state index is -0.350. The summed E-state index contributed by atoms with van der Waals surface area (Å²) in [5, 5.41) is 12.9. The van der Waals surface area contributed by atoms with Crippen molar-refractivity contribution in [2.45, 2.75) is 25.1 Å². The lowest BCUT2D eigenvalue weighted by Crippen LogP contribution is -2.47. The third-order valence-corrected chi connectivity index (χ3v) is 6.47. The lowest BCUT2D eigenvalue weighted by atomic mass is 10.00. The van der Waals surface area contributed by atoms with Crippen LogP contribution in [0, 0.1) is 10.3 Å². The molecule has 0 radical (unpaired) electrons. The number of aromatic nitrogens is 3. The van der Waals surface area contributed by atoms with Crippen molar-refractivity contribution < 1.29 is 14.2 Å². The first-order valence-corrected chi connectivity index (χ1v) is 11.0. The zero-order chi connectivity index (χ0) is 22.2. The maximum atomic E-state index is 14.7. The number of hydrogen-bond acceptors (Lipinski definition) is 7. The Morgan fingerprint density at radius 3 is 3.09 bits per heavy atom. The van der Waals surface area contributed by atoms with Crippen LogP contribution in [0.25, 0.3) is 11.0 Å². The molecule has 0 aliphatic carbocycles. The van der Waals surface area contributed by atoms with E-state index in [2.05, 4.69) is 20.2 Å². The predicted octanol–water partition coefficient (Wildman–Crippen LogP) is 1.89. The summed E-state index contributed by atoms with van der Waals surface area (Å²) in [6, 6.07) is 4.89. The number of H-pyrrole nitrogens is 1. The van der Waals surface area contributed by atoms with Gasteiger partial charge in [-0.3, -0.25) is 14.7 Å². The largest absolute Gasteiger partial charge is 0.505 e. The minimum absolute atomic E-state index is 0.00218. The zero-order valence-electron chi connectivity index (χ0n) is 17.4. The lowest BCUT2D eigenvalue weighted by molar-refractivity contribution is -0.0292. The Morgan fingerprint density at radius 2 is 2.25 bits per heavy atom. The van der Waals surface area contributed by atoms with Crippen molar-refractivity contribution in [3.8, 4) is 5.75 Å². The molecule has 5 heterocycles. The van der Waals surface area contributed by atoms with Gasteiger partial charge in [-0.1, -0.05) is 12.2 Å². The SMILES string of the molecule is O=c1ccc2ncc(F)c3c2n1CC3CN1CCO[C@@H](CNCc2cc(=S)c(O)c[nH]2)C1. The number of aromatic amines is 1. The van der Waals surface area contributed by atoms with E-state index >= 15 is 0 Å². The van der Waals surface area contributed by atoms with Crippen LogP contribution in [-0.4, -0.2) is 63.4 Å². The number of morpholine rings is 1. The molecule has 10 heteroatoms. The summed E-state index contributed by atoms with van der Waals surface area (Å²) in [5.74, 6) is -0.384. The second kappa shape index (κ2) is 8.70. The number of aromatic hydroxyl groups is 1. The van der Waals surface area contributed by atoms with Gasteiger partial charge in [0.15, 0.2) is 0 Å². The van der Waals surface area contributed by atoms with Gasteiger partial charge in [-0.2, -0.15) is 0 Å². The van der Waals surface area contributed by atoms with Crippen molar-refractivity contribution in [3.05, 3.63) is 62.5 Å². The molecule has 2 atom stereocenters. The van der Waals surface area contributed by atoms with Crippen LogP contribution in [-0.2, 0) is 17.8 Å². The molecule has 3 aromatic heterocycles. The average molecular weight is 458 g/mol. The van der Waals surface area contributed by atoms with Gasteiger partial charge in [0.05, 0.1) is 34.5 Å². The molecule has 3 N–H and O–H groups in total. The van der Waals surface area contributed by atoms with Gasteiger partial charge in [0.1, 0.15) is 11.6 Å². The van der Waals surface area contributed by atoms with E-state index in [0.717, 1.165) is 18.8 Å². The molecule has 3 aromatic rings. The second-order valence-electron chi connectivity index (χ2n) is 8.32. The Kier molecular flexibility index (Phi) is 5.76. The quantitative estimate of drug-likeness (QED) is 0.487. The molecule has 0 spiro atoms. The molecule has 32 heavy (non-hydrogen) atoms. The van der Waals surface area contributed by atoms with Crippen LogP contribution < -0.4 is 10.9 Å². The molecular weight excluding hydrogens is 433 g/mol. The average Bonchev–Trinajstić information content (AvgIpc) is 3.16. The molecule has 0 bridgehead atoms. The van der Waals surface area contributed by atoms with Crippen LogP contribution in [0.2, 0.25) is 0 Å². The number of halogens is 1. The molecule has 8 nitrogen and oxygen atoms in total. The van der Waals surface area contributed by atoms with E-state index in [9.17, 15) is 14.3 Å². The number of rotatable bonds is 6. The van der Waals surface area contributed by atoms with Crippen LogP contribution in [0.1, 0.15) is 17.2 Å². The first-order chi connectivity index (χ1) is 15.5. The Bertz CT molecular complexity index is 1280. The molecule has 5 rings (SSSR count). The normalized spacial score (nSPS) is 20.8.